The molecule has 2 nitrogen and oxygen atoms in total. The van der Waals surface area contributed by atoms with E-state index in [2.05, 4.69) is 15.9 Å². The van der Waals surface area contributed by atoms with Gasteiger partial charge in [-0.05, 0) is 30.7 Å². The molecule has 0 bridgehead atoms. The van der Waals surface area contributed by atoms with E-state index in [1.807, 2.05) is 19.1 Å². The molecule has 0 aliphatic carbocycles. The SMILES string of the molecule is Cc1cccc2cc(C(=O)c3c(F)cc(Br)cc3F)oc12. The van der Waals surface area contributed by atoms with E-state index in [4.69, 9.17) is 4.42 Å². The quantitative estimate of drug-likeness (QED) is 0.608. The topological polar surface area (TPSA) is 30.2 Å². The van der Waals surface area contributed by atoms with E-state index >= 15 is 0 Å². The summed E-state index contributed by atoms with van der Waals surface area (Å²) >= 11 is 2.98. The Balaban J connectivity index is 2.15. The van der Waals surface area contributed by atoms with Crippen LogP contribution in [0.15, 0.2) is 45.3 Å². The summed E-state index contributed by atoms with van der Waals surface area (Å²) in [6.45, 7) is 1.83. The number of halogens is 3. The van der Waals surface area contributed by atoms with Gasteiger partial charge in [-0.25, -0.2) is 8.78 Å². The van der Waals surface area contributed by atoms with Crippen LogP contribution in [0.5, 0.6) is 0 Å². The minimum absolute atomic E-state index is 0.0839. The maximum Gasteiger partial charge on any atom is 0.234 e. The molecule has 0 atom stereocenters. The molecule has 0 saturated heterocycles. The van der Waals surface area contributed by atoms with E-state index in [-0.39, 0.29) is 10.2 Å². The van der Waals surface area contributed by atoms with E-state index in [9.17, 15) is 13.6 Å². The molecule has 5 heteroatoms. The highest BCUT2D eigenvalue weighted by atomic mass is 79.9. The van der Waals surface area contributed by atoms with E-state index in [1.165, 1.54) is 6.07 Å². The van der Waals surface area contributed by atoms with Crippen molar-refractivity contribution in [3.05, 3.63) is 69.4 Å². The van der Waals surface area contributed by atoms with Gasteiger partial charge in [0.2, 0.25) is 5.78 Å². The van der Waals surface area contributed by atoms with Crippen LogP contribution >= 0.6 is 15.9 Å². The van der Waals surface area contributed by atoms with Crippen molar-refractivity contribution in [2.75, 3.05) is 0 Å². The summed E-state index contributed by atoms with van der Waals surface area (Å²) in [7, 11) is 0. The number of rotatable bonds is 2. The second-order valence-corrected chi connectivity index (χ2v) is 5.59. The first-order valence-corrected chi connectivity index (χ1v) is 6.95. The van der Waals surface area contributed by atoms with Gasteiger partial charge in [0.05, 0.1) is 5.56 Å². The van der Waals surface area contributed by atoms with Gasteiger partial charge < -0.3 is 4.42 Å². The number of benzene rings is 2. The molecule has 0 N–H and O–H groups in total. The third-order valence-electron chi connectivity index (χ3n) is 3.20. The molecule has 21 heavy (non-hydrogen) atoms. The number of furan rings is 1. The van der Waals surface area contributed by atoms with Crippen molar-refractivity contribution < 1.29 is 18.0 Å². The third kappa shape index (κ3) is 2.38. The zero-order valence-corrected chi connectivity index (χ0v) is 12.5. The van der Waals surface area contributed by atoms with Crippen molar-refractivity contribution in [3.63, 3.8) is 0 Å². The first kappa shape index (κ1) is 13.9. The highest BCUT2D eigenvalue weighted by molar-refractivity contribution is 9.10. The zero-order valence-electron chi connectivity index (χ0n) is 10.9. The van der Waals surface area contributed by atoms with Gasteiger partial charge >= 0.3 is 0 Å². The van der Waals surface area contributed by atoms with Gasteiger partial charge in [-0.2, -0.15) is 0 Å². The van der Waals surface area contributed by atoms with Gasteiger partial charge in [-0.15, -0.1) is 0 Å². The summed E-state index contributed by atoms with van der Waals surface area (Å²) in [6, 6.07) is 9.01. The van der Waals surface area contributed by atoms with E-state index in [0.29, 0.717) is 5.58 Å². The number of aryl methyl sites for hydroxylation is 1. The predicted molar refractivity (Wildman–Crippen MR) is 78.4 cm³/mol. The number of carbonyl (C=O) groups excluding carboxylic acids is 1. The molecule has 2 aromatic carbocycles. The molecule has 0 amide bonds. The molecule has 0 unspecified atom stereocenters. The lowest BCUT2D eigenvalue weighted by Crippen LogP contribution is -2.06. The first-order chi connectivity index (χ1) is 9.97. The minimum Gasteiger partial charge on any atom is -0.452 e. The lowest BCUT2D eigenvalue weighted by Gasteiger charge is -2.02. The number of hydrogen-bond donors (Lipinski definition) is 0. The average molecular weight is 351 g/mol. The third-order valence-corrected chi connectivity index (χ3v) is 3.66. The van der Waals surface area contributed by atoms with Gasteiger partial charge in [0, 0.05) is 9.86 Å². The second-order valence-electron chi connectivity index (χ2n) is 4.68. The largest absolute Gasteiger partial charge is 0.452 e. The highest BCUT2D eigenvalue weighted by Crippen LogP contribution is 2.27. The minimum atomic E-state index is -0.927. The fourth-order valence-electron chi connectivity index (χ4n) is 2.20. The molecule has 0 spiro atoms. The fraction of sp³-hybridized carbons (Fsp3) is 0.0625. The summed E-state index contributed by atoms with van der Waals surface area (Å²) < 4.78 is 33.4. The van der Waals surface area contributed by atoms with Gasteiger partial charge in [-0.3, -0.25) is 4.79 Å². The Hall–Kier alpha value is -2.01. The molecular formula is C16H9BrF2O2. The molecular weight excluding hydrogens is 342 g/mol. The maximum atomic E-state index is 13.8. The van der Waals surface area contributed by atoms with E-state index < -0.39 is 23.0 Å². The van der Waals surface area contributed by atoms with Crippen LogP contribution in [0.2, 0.25) is 0 Å². The first-order valence-electron chi connectivity index (χ1n) is 6.16. The molecule has 0 radical (unpaired) electrons. The Morgan fingerprint density at radius 1 is 1.14 bits per heavy atom. The number of ketones is 1. The Bertz CT molecular complexity index is 845. The van der Waals surface area contributed by atoms with Gasteiger partial charge in [0.1, 0.15) is 17.2 Å². The Labute approximate surface area is 127 Å². The van der Waals surface area contributed by atoms with E-state index in [0.717, 1.165) is 23.1 Å². The summed E-state index contributed by atoms with van der Waals surface area (Å²) in [5.41, 5.74) is 0.775. The fourth-order valence-corrected chi connectivity index (χ4v) is 2.61. The molecule has 0 fully saturated rings. The Kier molecular flexibility index (Phi) is 3.37. The number of hydrogen-bond acceptors (Lipinski definition) is 2. The lowest BCUT2D eigenvalue weighted by atomic mass is 10.1. The summed E-state index contributed by atoms with van der Waals surface area (Å²) in [4.78, 5) is 12.3. The van der Waals surface area contributed by atoms with Crippen LogP contribution in [0.3, 0.4) is 0 Å². The molecule has 0 aliphatic heterocycles. The van der Waals surface area contributed by atoms with Crippen molar-refractivity contribution >= 4 is 32.7 Å². The van der Waals surface area contributed by atoms with Crippen LogP contribution in [0.4, 0.5) is 8.78 Å². The normalized spacial score (nSPS) is 11.0. The molecule has 3 rings (SSSR count). The molecule has 3 aromatic rings. The summed E-state index contributed by atoms with van der Waals surface area (Å²) in [5.74, 6) is -2.75. The Morgan fingerprint density at radius 2 is 1.81 bits per heavy atom. The van der Waals surface area contributed by atoms with Gasteiger partial charge in [0.15, 0.2) is 5.76 Å². The summed E-state index contributed by atoms with van der Waals surface area (Å²) in [5, 5.41) is 0.719. The van der Waals surface area contributed by atoms with Crippen molar-refractivity contribution in [1.29, 1.82) is 0 Å². The van der Waals surface area contributed by atoms with Crippen molar-refractivity contribution in [2.45, 2.75) is 6.92 Å². The van der Waals surface area contributed by atoms with Crippen molar-refractivity contribution in [2.24, 2.45) is 0 Å². The molecule has 0 saturated carbocycles. The smallest absolute Gasteiger partial charge is 0.234 e. The van der Waals surface area contributed by atoms with Gasteiger partial charge in [0.25, 0.3) is 0 Å². The van der Waals surface area contributed by atoms with Crippen molar-refractivity contribution in [3.8, 4) is 0 Å². The monoisotopic (exact) mass is 350 g/mol. The number of carbonyl (C=O) groups is 1. The van der Waals surface area contributed by atoms with Crippen LogP contribution in [0.1, 0.15) is 21.7 Å². The summed E-state index contributed by atoms with van der Waals surface area (Å²) in [6.07, 6.45) is 0. The Morgan fingerprint density at radius 3 is 2.43 bits per heavy atom. The van der Waals surface area contributed by atoms with Crippen LogP contribution in [-0.4, -0.2) is 5.78 Å². The predicted octanol–water partition coefficient (Wildman–Crippen LogP) is 5.01. The van der Waals surface area contributed by atoms with Crippen LogP contribution in [0.25, 0.3) is 11.0 Å². The average Bonchev–Trinajstić information content (AvgIpc) is 2.82. The van der Waals surface area contributed by atoms with Crippen LogP contribution in [-0.2, 0) is 0 Å². The molecule has 106 valence electrons. The second kappa shape index (κ2) is 5.07. The van der Waals surface area contributed by atoms with Crippen LogP contribution < -0.4 is 0 Å². The lowest BCUT2D eigenvalue weighted by molar-refractivity contribution is 0.100. The number of fused-ring (bicyclic) bond motifs is 1. The van der Waals surface area contributed by atoms with E-state index in [1.54, 1.807) is 6.07 Å². The van der Waals surface area contributed by atoms with Gasteiger partial charge in [-0.1, -0.05) is 34.1 Å². The van der Waals surface area contributed by atoms with Crippen LogP contribution in [0, 0.1) is 18.6 Å². The number of para-hydroxylation sites is 1. The zero-order chi connectivity index (χ0) is 15.1. The molecule has 0 aliphatic rings. The van der Waals surface area contributed by atoms with Crippen molar-refractivity contribution in [1.82, 2.24) is 0 Å². The highest BCUT2D eigenvalue weighted by Gasteiger charge is 2.23. The standard InChI is InChI=1S/C16H9BrF2O2/c1-8-3-2-4-9-5-13(21-16(8)9)15(20)14-11(18)6-10(17)7-12(14)19/h2-7H,1H3. The molecule has 1 heterocycles. The molecule has 1 aromatic heterocycles. The maximum absolute atomic E-state index is 13.8.